The molecule has 218 valence electrons. The molecular weight excluding hydrogens is 568 g/mol. The quantitative estimate of drug-likeness (QED) is 0.0515. The molecule has 5 rings (SSSR count). The molecule has 0 aliphatic carbocycles. The fraction of sp³-hybridized carbons (Fsp3) is 0.172. The maximum Gasteiger partial charge on any atom is 0.318 e. The first kappa shape index (κ1) is 30.0. The Morgan fingerprint density at radius 1 is 0.833 bits per heavy atom. The van der Waals surface area contributed by atoms with Crippen LogP contribution in [0.25, 0.3) is 38.2 Å². The Kier molecular flexibility index (Phi) is 8.45. The van der Waals surface area contributed by atoms with Crippen molar-refractivity contribution < 1.29 is 45.5 Å². The lowest BCUT2D eigenvalue weighted by Gasteiger charge is -2.12. The Balaban J connectivity index is 0.000000446. The fourth-order valence-electron chi connectivity index (χ4n) is 4.67. The van der Waals surface area contributed by atoms with Gasteiger partial charge in [-0.05, 0) is 52.7 Å². The summed E-state index contributed by atoms with van der Waals surface area (Å²) in [4.78, 5) is 20.3. The molecule has 0 atom stereocenters. The van der Waals surface area contributed by atoms with Crippen LogP contribution in [0.1, 0.15) is 12.6 Å². The van der Waals surface area contributed by atoms with Gasteiger partial charge in [-0.3, -0.25) is 14.9 Å². The van der Waals surface area contributed by atoms with Crippen molar-refractivity contribution in [3.05, 3.63) is 82.7 Å². The highest BCUT2D eigenvalue weighted by atomic mass is 32.3. The number of methoxy groups -OCH3 is 3. The van der Waals surface area contributed by atoms with Crippen LogP contribution in [0, 0.1) is 17.0 Å². The summed E-state index contributed by atoms with van der Waals surface area (Å²) in [6.07, 6.45) is 2.05. The highest BCUT2D eigenvalue weighted by molar-refractivity contribution is 7.81. The maximum absolute atomic E-state index is 11.1. The summed E-state index contributed by atoms with van der Waals surface area (Å²) in [5.41, 5.74) is 3.86. The summed E-state index contributed by atoms with van der Waals surface area (Å²) in [5, 5.41) is 15.3. The Morgan fingerprint density at radius 3 is 1.95 bits per heavy atom. The van der Waals surface area contributed by atoms with E-state index in [-0.39, 0.29) is 5.69 Å². The van der Waals surface area contributed by atoms with Crippen LogP contribution in [-0.4, -0.2) is 45.2 Å². The highest BCUT2D eigenvalue weighted by Gasteiger charge is 2.20. The molecule has 0 aliphatic rings. The molecule has 13 heteroatoms. The number of benzene rings is 3. The Bertz CT molecular complexity index is 1960. The number of aryl methyl sites for hydroxylation is 1. The highest BCUT2D eigenvalue weighted by Crippen LogP contribution is 2.38. The molecule has 0 saturated heterocycles. The van der Waals surface area contributed by atoms with Crippen LogP contribution in [0.5, 0.6) is 17.2 Å². The lowest BCUT2D eigenvalue weighted by atomic mass is 9.98. The number of fused-ring (bicyclic) bond motifs is 4. The molecule has 0 spiro atoms. The Labute approximate surface area is 240 Å². The third-order valence-electron chi connectivity index (χ3n) is 6.52. The van der Waals surface area contributed by atoms with Crippen LogP contribution in [0.2, 0.25) is 0 Å². The molecule has 5 aromatic rings. The van der Waals surface area contributed by atoms with Gasteiger partial charge in [0.25, 0.3) is 16.1 Å². The van der Waals surface area contributed by atoms with Crippen molar-refractivity contribution >= 4 is 49.1 Å². The van der Waals surface area contributed by atoms with Gasteiger partial charge in [-0.1, -0.05) is 0 Å². The molecule has 0 unspecified atom stereocenters. The smallest absolute Gasteiger partial charge is 0.318 e. The van der Waals surface area contributed by atoms with Crippen LogP contribution in [0.4, 0.5) is 5.69 Å². The van der Waals surface area contributed by atoms with Crippen LogP contribution in [0.15, 0.2) is 66.9 Å². The Morgan fingerprint density at radius 2 is 1.43 bits per heavy atom. The monoisotopic (exact) mass is 594 g/mol. The molecule has 0 saturated carbocycles. The zero-order chi connectivity index (χ0) is 30.8. The largest absolute Gasteiger partial charge is 0.716 e. The number of nitrogens with zero attached hydrogens (tertiary/aromatic N) is 2. The molecule has 2 aromatic heterocycles. The van der Waals surface area contributed by atoms with Crippen LogP contribution in [-0.2, 0) is 19.4 Å². The lowest BCUT2D eigenvalue weighted by molar-refractivity contribution is -0.516. The van der Waals surface area contributed by atoms with Gasteiger partial charge in [0.1, 0.15) is 5.75 Å². The third-order valence-corrected chi connectivity index (χ3v) is 6.96. The minimum atomic E-state index is -4.82. The molecule has 12 nitrogen and oxygen atoms in total. The van der Waals surface area contributed by atoms with Gasteiger partial charge >= 0.3 is 5.97 Å². The second-order valence-electron chi connectivity index (χ2n) is 9.02. The number of rotatable bonds is 6. The summed E-state index contributed by atoms with van der Waals surface area (Å²) in [6, 6.07) is 18.8. The standard InChI is InChI=1S/C27H23N2O5.C2H4O5S/c1-16-21-15-27(34-4)26(33-3)13-19(21)11-24-22-14-23(17-5-7-20(8-6-17)29(30)31)25(32-2)12-18(22)9-10-28(16)24;1-2(3)7-8(4,5)6/h5-15H,1-4H3;1H3,(H,4,5,6)/q+1;/p-1. The van der Waals surface area contributed by atoms with Gasteiger partial charge in [0.15, 0.2) is 23.4 Å². The number of nitro benzene ring substituents is 1. The van der Waals surface area contributed by atoms with E-state index in [2.05, 4.69) is 33.7 Å². The van der Waals surface area contributed by atoms with Crippen LogP contribution < -0.4 is 18.6 Å². The van der Waals surface area contributed by atoms with Crippen molar-refractivity contribution in [2.75, 3.05) is 21.3 Å². The van der Waals surface area contributed by atoms with Gasteiger partial charge in [0.05, 0.1) is 37.0 Å². The van der Waals surface area contributed by atoms with Crippen molar-refractivity contribution in [3.63, 3.8) is 0 Å². The Hall–Kier alpha value is -5.01. The average molecular weight is 595 g/mol. The summed E-state index contributed by atoms with van der Waals surface area (Å²) >= 11 is 0. The normalized spacial score (nSPS) is 11.1. The number of hydrogen-bond acceptors (Lipinski definition) is 10. The van der Waals surface area contributed by atoms with Gasteiger partial charge in [-0.2, -0.15) is 4.40 Å². The molecule has 42 heavy (non-hydrogen) atoms. The molecule has 0 N–H and O–H groups in total. The van der Waals surface area contributed by atoms with Gasteiger partial charge in [-0.25, -0.2) is 8.42 Å². The SMILES string of the molecule is CC(=O)OS(=O)(=O)[O-].COc1cc2cc3c4cc(-c5ccc([N+](=O)[O-])cc5)c(OC)cc4cc[n+]3c(C)c2cc1OC. The predicted octanol–water partition coefficient (Wildman–Crippen LogP) is 4.65. The number of aromatic nitrogens is 1. The molecule has 0 radical (unpaired) electrons. The molecule has 2 heterocycles. The number of ether oxygens (including phenoxy) is 3. The topological polar surface area (TPSA) is 158 Å². The summed E-state index contributed by atoms with van der Waals surface area (Å²) in [5.74, 6) is 0.936. The number of hydrogen-bond donors (Lipinski definition) is 0. The summed E-state index contributed by atoms with van der Waals surface area (Å²) in [6.45, 7) is 2.91. The molecule has 0 fully saturated rings. The van der Waals surface area contributed by atoms with E-state index in [1.54, 1.807) is 33.5 Å². The van der Waals surface area contributed by atoms with E-state index in [0.29, 0.717) is 17.2 Å². The molecule has 0 bridgehead atoms. The second-order valence-corrected chi connectivity index (χ2v) is 10.0. The van der Waals surface area contributed by atoms with E-state index in [4.69, 9.17) is 14.2 Å². The second kappa shape index (κ2) is 11.8. The van der Waals surface area contributed by atoms with Gasteiger partial charge in [0.2, 0.25) is 5.52 Å². The third kappa shape index (κ3) is 6.16. The molecule has 0 amide bonds. The van der Waals surface area contributed by atoms with E-state index in [0.717, 1.165) is 50.8 Å². The average Bonchev–Trinajstić information content (AvgIpc) is 2.94. The zero-order valence-corrected chi connectivity index (χ0v) is 24.1. The van der Waals surface area contributed by atoms with E-state index in [1.165, 1.54) is 12.1 Å². The fourth-order valence-corrected chi connectivity index (χ4v) is 4.95. The minimum absolute atomic E-state index is 0.0518. The first-order valence-electron chi connectivity index (χ1n) is 12.3. The predicted molar refractivity (Wildman–Crippen MR) is 153 cm³/mol. The van der Waals surface area contributed by atoms with Gasteiger partial charge in [0, 0.05) is 43.7 Å². The summed E-state index contributed by atoms with van der Waals surface area (Å²) < 4.78 is 50.4. The van der Waals surface area contributed by atoms with E-state index in [9.17, 15) is 27.9 Å². The minimum Gasteiger partial charge on any atom is -0.716 e. The lowest BCUT2D eigenvalue weighted by Crippen LogP contribution is -2.25. The van der Waals surface area contributed by atoms with Crippen LogP contribution in [0.3, 0.4) is 0 Å². The van der Waals surface area contributed by atoms with Gasteiger partial charge in [-0.15, -0.1) is 0 Å². The van der Waals surface area contributed by atoms with Crippen molar-refractivity contribution in [3.8, 4) is 28.4 Å². The molecular formula is C29H26N2O10S. The number of carbonyl (C=O) groups is 1. The molecule has 3 aromatic carbocycles. The van der Waals surface area contributed by atoms with Crippen LogP contribution >= 0.6 is 0 Å². The number of pyridine rings is 2. The number of carbonyl (C=O) groups excluding carboxylic acids is 1. The van der Waals surface area contributed by atoms with E-state index in [1.807, 2.05) is 24.4 Å². The zero-order valence-electron chi connectivity index (χ0n) is 23.2. The summed E-state index contributed by atoms with van der Waals surface area (Å²) in [7, 11) is 0.0675. The first-order chi connectivity index (χ1) is 19.9. The number of nitro groups is 1. The number of non-ortho nitro benzene ring substituents is 1. The van der Waals surface area contributed by atoms with E-state index < -0.39 is 21.3 Å². The van der Waals surface area contributed by atoms with Crippen molar-refractivity contribution in [1.29, 1.82) is 0 Å². The van der Waals surface area contributed by atoms with Crippen molar-refractivity contribution in [2.45, 2.75) is 13.8 Å². The van der Waals surface area contributed by atoms with Gasteiger partial charge < -0.3 is 22.9 Å². The molecule has 0 aliphatic heterocycles. The van der Waals surface area contributed by atoms with E-state index >= 15 is 0 Å². The maximum atomic E-state index is 11.1. The van der Waals surface area contributed by atoms with Crippen molar-refractivity contribution in [2.24, 2.45) is 0 Å². The first-order valence-corrected chi connectivity index (χ1v) is 13.6. The van der Waals surface area contributed by atoms with Crippen molar-refractivity contribution in [1.82, 2.24) is 0 Å².